The Labute approximate surface area is 166 Å². The van der Waals surface area contributed by atoms with Crippen molar-refractivity contribution in [2.45, 2.75) is 31.8 Å². The summed E-state index contributed by atoms with van der Waals surface area (Å²) in [5.74, 6) is 2.21. The van der Waals surface area contributed by atoms with Crippen molar-refractivity contribution in [2.75, 3.05) is 37.7 Å². The second-order valence-electron chi connectivity index (χ2n) is 7.58. The number of benzene rings is 2. The Morgan fingerprint density at radius 1 is 1.04 bits per heavy atom. The highest BCUT2D eigenvalue weighted by molar-refractivity contribution is 7.99. The van der Waals surface area contributed by atoms with Crippen molar-refractivity contribution >= 4 is 28.6 Å². The number of fused-ring (bicyclic) bond motifs is 1. The highest BCUT2D eigenvalue weighted by Crippen LogP contribution is 2.21. The summed E-state index contributed by atoms with van der Waals surface area (Å²) >= 11 is 2.00. The maximum absolute atomic E-state index is 13.0. The molecule has 0 saturated carbocycles. The molecule has 1 N–H and O–H groups in total. The summed E-state index contributed by atoms with van der Waals surface area (Å²) in [7, 11) is 0. The molecule has 5 heteroatoms. The molecule has 2 amide bonds. The number of thioether (sulfide) groups is 1. The first kappa shape index (κ1) is 18.6. The molecule has 27 heavy (non-hydrogen) atoms. The molecule has 2 aliphatic rings. The molecule has 1 unspecified atom stereocenters. The van der Waals surface area contributed by atoms with Crippen molar-refractivity contribution in [1.82, 2.24) is 15.1 Å². The van der Waals surface area contributed by atoms with Crippen molar-refractivity contribution < 1.29 is 4.79 Å². The molecule has 2 fully saturated rings. The van der Waals surface area contributed by atoms with Crippen molar-refractivity contribution in [3.8, 4) is 0 Å². The van der Waals surface area contributed by atoms with Gasteiger partial charge in [0.15, 0.2) is 0 Å². The van der Waals surface area contributed by atoms with E-state index in [1.807, 2.05) is 11.8 Å². The number of nitrogens with one attached hydrogen (secondary N) is 1. The average Bonchev–Trinajstić information content (AvgIpc) is 3.10. The van der Waals surface area contributed by atoms with Gasteiger partial charge in [-0.3, -0.25) is 0 Å². The first-order chi connectivity index (χ1) is 13.3. The average molecular weight is 384 g/mol. The van der Waals surface area contributed by atoms with E-state index in [1.165, 1.54) is 42.3 Å². The lowest BCUT2D eigenvalue weighted by atomic mass is 10.0. The summed E-state index contributed by atoms with van der Waals surface area (Å²) in [6.07, 6.45) is 3.68. The SMILES string of the molecule is O=C(NCc1cccc2ccccc12)N1CCCSCC1CN1CCCC1. The van der Waals surface area contributed by atoms with Crippen molar-refractivity contribution in [1.29, 1.82) is 0 Å². The number of hydrogen-bond donors (Lipinski definition) is 1. The maximum atomic E-state index is 13.0. The molecule has 4 nitrogen and oxygen atoms in total. The van der Waals surface area contributed by atoms with Gasteiger partial charge in [0.2, 0.25) is 0 Å². The molecule has 0 bridgehead atoms. The van der Waals surface area contributed by atoms with Crippen LogP contribution in [0.5, 0.6) is 0 Å². The van der Waals surface area contributed by atoms with Crippen LogP contribution in [0.25, 0.3) is 10.8 Å². The van der Waals surface area contributed by atoms with Gasteiger partial charge in [-0.25, -0.2) is 4.79 Å². The van der Waals surface area contributed by atoms with Gasteiger partial charge in [0.25, 0.3) is 0 Å². The monoisotopic (exact) mass is 383 g/mol. The summed E-state index contributed by atoms with van der Waals surface area (Å²) in [5, 5.41) is 5.65. The number of nitrogens with zero attached hydrogens (tertiary/aromatic N) is 2. The fourth-order valence-electron chi connectivity index (χ4n) is 4.23. The molecule has 0 spiro atoms. The number of carbonyl (C=O) groups is 1. The molecular formula is C22H29N3OS. The van der Waals surface area contributed by atoms with E-state index >= 15 is 0 Å². The second kappa shape index (κ2) is 8.98. The largest absolute Gasteiger partial charge is 0.334 e. The summed E-state index contributed by atoms with van der Waals surface area (Å²) in [5.41, 5.74) is 1.18. The topological polar surface area (TPSA) is 35.6 Å². The fraction of sp³-hybridized carbons (Fsp3) is 0.500. The Balaban J connectivity index is 1.43. The predicted octanol–water partition coefficient (Wildman–Crippen LogP) is 3.95. The van der Waals surface area contributed by atoms with Crippen LogP contribution in [-0.4, -0.2) is 59.6 Å². The van der Waals surface area contributed by atoms with Gasteiger partial charge in [-0.2, -0.15) is 11.8 Å². The van der Waals surface area contributed by atoms with E-state index in [-0.39, 0.29) is 6.03 Å². The molecule has 0 radical (unpaired) electrons. The highest BCUT2D eigenvalue weighted by atomic mass is 32.2. The highest BCUT2D eigenvalue weighted by Gasteiger charge is 2.28. The van der Waals surface area contributed by atoms with Crippen LogP contribution in [0.1, 0.15) is 24.8 Å². The second-order valence-corrected chi connectivity index (χ2v) is 8.73. The van der Waals surface area contributed by atoms with Crippen molar-refractivity contribution in [2.24, 2.45) is 0 Å². The Morgan fingerprint density at radius 2 is 1.85 bits per heavy atom. The Hall–Kier alpha value is -1.72. The minimum atomic E-state index is 0.0923. The summed E-state index contributed by atoms with van der Waals surface area (Å²) in [4.78, 5) is 17.7. The molecular weight excluding hydrogens is 354 g/mol. The first-order valence-electron chi connectivity index (χ1n) is 10.1. The number of amides is 2. The number of urea groups is 1. The Morgan fingerprint density at radius 3 is 2.74 bits per heavy atom. The number of carbonyl (C=O) groups excluding carboxylic acids is 1. The molecule has 1 atom stereocenters. The van der Waals surface area contributed by atoms with Crippen LogP contribution >= 0.6 is 11.8 Å². The smallest absolute Gasteiger partial charge is 0.317 e. The summed E-state index contributed by atoms with van der Waals surface area (Å²) in [6.45, 7) is 4.85. The van der Waals surface area contributed by atoms with Gasteiger partial charge in [0, 0.05) is 25.4 Å². The molecule has 2 heterocycles. The predicted molar refractivity (Wildman–Crippen MR) is 114 cm³/mol. The van der Waals surface area contributed by atoms with Crippen molar-refractivity contribution in [3.05, 3.63) is 48.0 Å². The van der Waals surface area contributed by atoms with Gasteiger partial charge in [0.05, 0.1) is 6.04 Å². The molecule has 2 aliphatic heterocycles. The maximum Gasteiger partial charge on any atom is 0.317 e. The molecule has 4 rings (SSSR count). The van der Waals surface area contributed by atoms with Gasteiger partial charge >= 0.3 is 6.03 Å². The summed E-state index contributed by atoms with van der Waals surface area (Å²) < 4.78 is 0. The lowest BCUT2D eigenvalue weighted by molar-refractivity contribution is 0.162. The van der Waals surface area contributed by atoms with Gasteiger partial charge in [-0.1, -0.05) is 42.5 Å². The quantitative estimate of drug-likeness (QED) is 0.868. The zero-order chi connectivity index (χ0) is 18.5. The van der Waals surface area contributed by atoms with Crippen molar-refractivity contribution in [3.63, 3.8) is 0 Å². The molecule has 2 aromatic carbocycles. The molecule has 144 valence electrons. The van der Waals surface area contributed by atoms with Crippen LogP contribution in [0.4, 0.5) is 4.79 Å². The molecule has 0 aromatic heterocycles. The van der Waals surface area contributed by atoms with Crippen LogP contribution < -0.4 is 5.32 Å². The third-order valence-corrected chi connectivity index (χ3v) is 6.88. The van der Waals surface area contributed by atoms with Crippen LogP contribution in [0.3, 0.4) is 0 Å². The van der Waals surface area contributed by atoms with E-state index < -0.39 is 0 Å². The lowest BCUT2D eigenvalue weighted by Crippen LogP contribution is -2.51. The number of hydrogen-bond acceptors (Lipinski definition) is 3. The minimum Gasteiger partial charge on any atom is -0.334 e. The third-order valence-electron chi connectivity index (χ3n) is 5.68. The van der Waals surface area contributed by atoms with Crippen LogP contribution in [0, 0.1) is 0 Å². The minimum absolute atomic E-state index is 0.0923. The third kappa shape index (κ3) is 4.58. The number of rotatable bonds is 4. The van der Waals surface area contributed by atoms with E-state index in [4.69, 9.17) is 0 Å². The molecule has 2 aromatic rings. The van der Waals surface area contributed by atoms with E-state index in [0.717, 1.165) is 31.0 Å². The van der Waals surface area contributed by atoms with E-state index in [2.05, 4.69) is 57.6 Å². The normalized spacial score (nSPS) is 21.3. The van der Waals surface area contributed by atoms with Crippen LogP contribution in [0.15, 0.2) is 42.5 Å². The zero-order valence-corrected chi connectivity index (χ0v) is 16.7. The van der Waals surface area contributed by atoms with E-state index in [1.54, 1.807) is 0 Å². The van der Waals surface area contributed by atoms with Crippen LogP contribution in [0.2, 0.25) is 0 Å². The van der Waals surface area contributed by atoms with Gasteiger partial charge in [-0.15, -0.1) is 0 Å². The number of likely N-dealkylation sites (tertiary alicyclic amines) is 1. The summed E-state index contributed by atoms with van der Waals surface area (Å²) in [6, 6.07) is 15.1. The van der Waals surface area contributed by atoms with E-state index in [9.17, 15) is 4.79 Å². The van der Waals surface area contributed by atoms with Crippen LogP contribution in [-0.2, 0) is 6.54 Å². The van der Waals surface area contributed by atoms with Gasteiger partial charge in [-0.05, 0) is 54.4 Å². The zero-order valence-electron chi connectivity index (χ0n) is 15.9. The van der Waals surface area contributed by atoms with E-state index in [0.29, 0.717) is 12.6 Å². The Bertz CT molecular complexity index is 770. The first-order valence-corrected chi connectivity index (χ1v) is 11.3. The molecule has 2 saturated heterocycles. The standard InChI is InChI=1S/C22H29N3OS/c26-22(23-15-19-9-5-8-18-7-1-2-10-21(18)19)25-13-6-14-27-17-20(25)16-24-11-3-4-12-24/h1-2,5,7-10,20H,3-4,6,11-17H2,(H,23,26). The molecule has 0 aliphatic carbocycles. The van der Waals surface area contributed by atoms with Gasteiger partial charge < -0.3 is 15.1 Å². The Kier molecular flexibility index (Phi) is 6.20. The van der Waals surface area contributed by atoms with Gasteiger partial charge in [0.1, 0.15) is 0 Å². The lowest BCUT2D eigenvalue weighted by Gasteiger charge is -2.32. The fourth-order valence-corrected chi connectivity index (χ4v) is 5.29.